The van der Waals surface area contributed by atoms with Gasteiger partial charge >= 0.3 is 0 Å². The highest BCUT2D eigenvalue weighted by molar-refractivity contribution is 5.78. The van der Waals surface area contributed by atoms with Crippen LogP contribution in [0.2, 0.25) is 0 Å². The molecule has 1 rings (SSSR count). The summed E-state index contributed by atoms with van der Waals surface area (Å²) in [5, 5.41) is 18.0. The Balaban J connectivity index is 0.000000791. The maximum absolute atomic E-state index is 10.7. The molecule has 0 aliphatic rings. The summed E-state index contributed by atoms with van der Waals surface area (Å²) in [6.07, 6.45) is 0.286. The number of Topliss-reactive ketones (excluding diaryl/α,β-unsaturated/α-hetero) is 1. The van der Waals surface area contributed by atoms with Crippen molar-refractivity contribution in [3.05, 3.63) is 23.8 Å². The van der Waals surface area contributed by atoms with Crippen LogP contribution in [0.15, 0.2) is 18.2 Å². The smallest absolute Gasteiger partial charge is 0.157 e. The van der Waals surface area contributed by atoms with Crippen LogP contribution >= 0.6 is 0 Å². The van der Waals surface area contributed by atoms with Crippen LogP contribution in [0.4, 0.5) is 0 Å². The zero-order valence-electron chi connectivity index (χ0n) is 8.74. The van der Waals surface area contributed by atoms with Crippen molar-refractivity contribution < 1.29 is 15.0 Å². The Morgan fingerprint density at radius 1 is 1.21 bits per heavy atom. The van der Waals surface area contributed by atoms with Crippen LogP contribution in [-0.2, 0) is 11.2 Å². The van der Waals surface area contributed by atoms with Gasteiger partial charge in [0, 0.05) is 6.42 Å². The first-order valence-corrected chi connectivity index (χ1v) is 4.60. The van der Waals surface area contributed by atoms with Crippen molar-refractivity contribution in [2.75, 3.05) is 0 Å². The molecule has 0 saturated carbocycles. The molecular weight excluding hydrogens is 180 g/mol. The largest absolute Gasteiger partial charge is 0.504 e. The molecule has 0 saturated heterocycles. The molecule has 0 unspecified atom stereocenters. The lowest BCUT2D eigenvalue weighted by Crippen LogP contribution is -1.95. The summed E-state index contributed by atoms with van der Waals surface area (Å²) < 4.78 is 0. The van der Waals surface area contributed by atoms with Crippen molar-refractivity contribution in [2.45, 2.75) is 27.2 Å². The summed E-state index contributed by atoms with van der Waals surface area (Å²) in [5.74, 6) is -0.323. The molecule has 0 bridgehead atoms. The number of carbonyl (C=O) groups is 1. The molecule has 0 amide bonds. The predicted molar refractivity (Wildman–Crippen MR) is 55.5 cm³/mol. The van der Waals surface area contributed by atoms with Crippen LogP contribution in [0, 0.1) is 0 Å². The minimum absolute atomic E-state index is 0.0279. The molecule has 0 radical (unpaired) electrons. The van der Waals surface area contributed by atoms with Gasteiger partial charge in [0.15, 0.2) is 11.5 Å². The average Bonchev–Trinajstić information content (AvgIpc) is 2.14. The third-order valence-electron chi connectivity index (χ3n) is 1.49. The normalized spacial score (nSPS) is 8.79. The van der Waals surface area contributed by atoms with Gasteiger partial charge in [-0.3, -0.25) is 4.79 Å². The first kappa shape index (κ1) is 12.5. The summed E-state index contributed by atoms with van der Waals surface area (Å²) in [6, 6.07) is 4.36. The molecule has 1 aromatic carbocycles. The van der Waals surface area contributed by atoms with E-state index in [4.69, 9.17) is 10.2 Å². The summed E-state index contributed by atoms with van der Waals surface area (Å²) in [6.45, 7) is 5.48. The highest BCUT2D eigenvalue weighted by Gasteiger charge is 2.01. The maximum atomic E-state index is 10.7. The van der Waals surface area contributed by atoms with E-state index in [1.165, 1.54) is 19.1 Å². The number of rotatable bonds is 2. The fourth-order valence-electron chi connectivity index (χ4n) is 0.966. The number of phenols is 2. The number of aromatic hydroxyl groups is 2. The molecule has 14 heavy (non-hydrogen) atoms. The van der Waals surface area contributed by atoms with Gasteiger partial charge in [-0.1, -0.05) is 19.9 Å². The molecule has 0 spiro atoms. The van der Waals surface area contributed by atoms with Crippen molar-refractivity contribution in [2.24, 2.45) is 0 Å². The quantitative estimate of drug-likeness (QED) is 0.713. The maximum Gasteiger partial charge on any atom is 0.157 e. The third-order valence-corrected chi connectivity index (χ3v) is 1.49. The Morgan fingerprint density at radius 3 is 2.21 bits per heavy atom. The first-order valence-electron chi connectivity index (χ1n) is 4.60. The molecule has 0 aliphatic heterocycles. The lowest BCUT2D eigenvalue weighted by Gasteiger charge is -2.00. The third kappa shape index (κ3) is 3.94. The van der Waals surface area contributed by atoms with E-state index < -0.39 is 0 Å². The fourth-order valence-corrected chi connectivity index (χ4v) is 0.966. The van der Waals surface area contributed by atoms with E-state index in [1.54, 1.807) is 6.07 Å². The van der Waals surface area contributed by atoms with Crippen LogP contribution < -0.4 is 0 Å². The number of ketones is 1. The van der Waals surface area contributed by atoms with Gasteiger partial charge in [-0.2, -0.15) is 0 Å². The molecule has 78 valence electrons. The Hall–Kier alpha value is -1.51. The van der Waals surface area contributed by atoms with E-state index >= 15 is 0 Å². The minimum Gasteiger partial charge on any atom is -0.504 e. The highest BCUT2D eigenvalue weighted by Crippen LogP contribution is 2.24. The Kier molecular flexibility index (Phi) is 5.37. The van der Waals surface area contributed by atoms with Gasteiger partial charge in [0.05, 0.1) is 0 Å². The van der Waals surface area contributed by atoms with Crippen LogP contribution in [-0.4, -0.2) is 16.0 Å². The van der Waals surface area contributed by atoms with Gasteiger partial charge in [0.1, 0.15) is 5.78 Å². The van der Waals surface area contributed by atoms with Gasteiger partial charge in [-0.05, 0) is 24.6 Å². The van der Waals surface area contributed by atoms with Crippen molar-refractivity contribution in [1.29, 1.82) is 0 Å². The number of hydrogen-bond acceptors (Lipinski definition) is 3. The number of carbonyl (C=O) groups excluding carboxylic acids is 1. The van der Waals surface area contributed by atoms with Crippen molar-refractivity contribution in [3.63, 3.8) is 0 Å². The average molecular weight is 196 g/mol. The standard InChI is InChI=1S/C9H10O3.C2H6/c1-6(10)4-7-2-3-8(11)9(12)5-7;1-2/h2-3,5,11-12H,4H2,1H3;1-2H3. The van der Waals surface area contributed by atoms with E-state index in [2.05, 4.69) is 0 Å². The summed E-state index contributed by atoms with van der Waals surface area (Å²) in [5.41, 5.74) is 0.706. The highest BCUT2D eigenvalue weighted by atomic mass is 16.3. The summed E-state index contributed by atoms with van der Waals surface area (Å²) in [7, 11) is 0. The summed E-state index contributed by atoms with van der Waals surface area (Å²) in [4.78, 5) is 10.7. The second-order valence-electron chi connectivity index (χ2n) is 2.70. The predicted octanol–water partition coefficient (Wildman–Crippen LogP) is 2.26. The second kappa shape index (κ2) is 6.02. The molecule has 0 atom stereocenters. The van der Waals surface area contributed by atoms with Gasteiger partial charge in [-0.25, -0.2) is 0 Å². The summed E-state index contributed by atoms with van der Waals surface area (Å²) >= 11 is 0. The molecule has 3 nitrogen and oxygen atoms in total. The molecule has 0 aliphatic carbocycles. The van der Waals surface area contributed by atoms with E-state index in [-0.39, 0.29) is 23.7 Å². The van der Waals surface area contributed by atoms with Crippen molar-refractivity contribution in [3.8, 4) is 11.5 Å². The molecule has 1 aromatic rings. The number of hydrogen-bond donors (Lipinski definition) is 2. The Morgan fingerprint density at radius 2 is 1.79 bits per heavy atom. The number of benzene rings is 1. The number of phenolic OH excluding ortho intramolecular Hbond substituents is 2. The fraction of sp³-hybridized carbons (Fsp3) is 0.364. The van der Waals surface area contributed by atoms with Crippen molar-refractivity contribution >= 4 is 5.78 Å². The first-order chi connectivity index (χ1) is 6.59. The van der Waals surface area contributed by atoms with Crippen LogP contribution in [0.3, 0.4) is 0 Å². The van der Waals surface area contributed by atoms with Crippen molar-refractivity contribution in [1.82, 2.24) is 0 Å². The molecule has 2 N–H and O–H groups in total. The van der Waals surface area contributed by atoms with Gasteiger partial charge in [0.2, 0.25) is 0 Å². The molecular formula is C11H16O3. The second-order valence-corrected chi connectivity index (χ2v) is 2.70. The van der Waals surface area contributed by atoms with Gasteiger partial charge < -0.3 is 10.2 Å². The molecule has 0 fully saturated rings. The van der Waals surface area contributed by atoms with Crippen LogP contribution in [0.25, 0.3) is 0 Å². The molecule has 0 heterocycles. The van der Waals surface area contributed by atoms with Crippen LogP contribution in [0.5, 0.6) is 11.5 Å². The van der Waals surface area contributed by atoms with E-state index in [0.717, 1.165) is 0 Å². The monoisotopic (exact) mass is 196 g/mol. The van der Waals surface area contributed by atoms with Gasteiger partial charge in [-0.15, -0.1) is 0 Å². The van der Waals surface area contributed by atoms with E-state index in [1.807, 2.05) is 13.8 Å². The minimum atomic E-state index is -0.186. The SMILES string of the molecule is CC.CC(=O)Cc1ccc(O)c(O)c1. The lowest BCUT2D eigenvalue weighted by molar-refractivity contribution is -0.116. The zero-order valence-corrected chi connectivity index (χ0v) is 8.74. The Labute approximate surface area is 84.0 Å². The lowest BCUT2D eigenvalue weighted by atomic mass is 10.1. The Bertz CT molecular complexity index is 305. The molecule has 3 heteroatoms. The topological polar surface area (TPSA) is 57.5 Å². The van der Waals surface area contributed by atoms with E-state index in [9.17, 15) is 4.79 Å². The zero-order chi connectivity index (χ0) is 11.1. The van der Waals surface area contributed by atoms with E-state index in [0.29, 0.717) is 5.56 Å². The van der Waals surface area contributed by atoms with Crippen LogP contribution in [0.1, 0.15) is 26.3 Å². The van der Waals surface area contributed by atoms with Gasteiger partial charge in [0.25, 0.3) is 0 Å². The molecule has 0 aromatic heterocycles.